The fourth-order valence-corrected chi connectivity index (χ4v) is 4.08. The number of rotatable bonds is 6. The molecule has 0 saturated carbocycles. The minimum Gasteiger partial charge on any atom is -0.383 e. The smallest absolute Gasteiger partial charge is 0.262 e. The average molecular weight is 360 g/mol. The van der Waals surface area contributed by atoms with E-state index < -0.39 is 0 Å². The molecule has 3 aromatic rings. The molecule has 0 bridgehead atoms. The summed E-state index contributed by atoms with van der Waals surface area (Å²) in [6, 6.07) is 6.26. The van der Waals surface area contributed by atoms with Gasteiger partial charge in [0.05, 0.1) is 18.5 Å². The molecule has 0 unspecified atom stereocenters. The molecule has 0 N–H and O–H groups in total. The van der Waals surface area contributed by atoms with Crippen molar-refractivity contribution in [1.29, 1.82) is 0 Å². The fraction of sp³-hybridized carbons (Fsp3) is 0.368. The topological polar surface area (TPSA) is 44.1 Å². The van der Waals surface area contributed by atoms with E-state index in [1.165, 1.54) is 23.5 Å². The van der Waals surface area contributed by atoms with Gasteiger partial charge in [0.15, 0.2) is 0 Å². The third-order valence-corrected chi connectivity index (χ3v) is 5.19. The zero-order valence-corrected chi connectivity index (χ0v) is 15.5. The van der Waals surface area contributed by atoms with E-state index in [1.807, 2.05) is 6.92 Å². The van der Waals surface area contributed by atoms with Gasteiger partial charge in [-0.05, 0) is 31.0 Å². The van der Waals surface area contributed by atoms with Crippen molar-refractivity contribution in [3.8, 4) is 11.1 Å². The van der Waals surface area contributed by atoms with Crippen molar-refractivity contribution in [2.75, 3.05) is 13.7 Å². The number of aryl methyl sites for hydroxylation is 2. The Morgan fingerprint density at radius 3 is 2.64 bits per heavy atom. The van der Waals surface area contributed by atoms with Gasteiger partial charge in [-0.1, -0.05) is 19.1 Å². The largest absolute Gasteiger partial charge is 0.383 e. The van der Waals surface area contributed by atoms with Crippen LogP contribution in [-0.4, -0.2) is 23.3 Å². The number of aromatic nitrogens is 2. The highest BCUT2D eigenvalue weighted by molar-refractivity contribution is 7.19. The number of hydrogen-bond donors (Lipinski definition) is 0. The molecule has 0 aliphatic carbocycles. The summed E-state index contributed by atoms with van der Waals surface area (Å²) >= 11 is 1.52. The molecule has 0 radical (unpaired) electrons. The Bertz CT molecular complexity index is 945. The maximum absolute atomic E-state index is 13.3. The maximum atomic E-state index is 13.3. The molecule has 0 amide bonds. The highest BCUT2D eigenvalue weighted by Crippen LogP contribution is 2.35. The summed E-state index contributed by atoms with van der Waals surface area (Å²) in [7, 11) is 1.62. The summed E-state index contributed by atoms with van der Waals surface area (Å²) in [5, 5.41) is 0.616. The van der Waals surface area contributed by atoms with E-state index >= 15 is 0 Å². The van der Waals surface area contributed by atoms with Crippen molar-refractivity contribution in [3.05, 3.63) is 51.1 Å². The molecule has 3 rings (SSSR count). The summed E-state index contributed by atoms with van der Waals surface area (Å²) in [5.41, 5.74) is 1.64. The Hall–Kier alpha value is -2.05. The lowest BCUT2D eigenvalue weighted by Gasteiger charge is -2.12. The molecule has 1 aromatic carbocycles. The highest BCUT2D eigenvalue weighted by atomic mass is 32.1. The molecule has 4 nitrogen and oxygen atoms in total. The molecule has 2 heterocycles. The number of fused-ring (bicyclic) bond motifs is 1. The van der Waals surface area contributed by atoms with Gasteiger partial charge in [0, 0.05) is 24.0 Å². The molecular weight excluding hydrogens is 339 g/mol. The molecule has 0 aliphatic heterocycles. The van der Waals surface area contributed by atoms with Crippen LogP contribution in [0.15, 0.2) is 29.1 Å². The van der Waals surface area contributed by atoms with Crippen molar-refractivity contribution in [1.82, 2.24) is 9.55 Å². The lowest BCUT2D eigenvalue weighted by atomic mass is 10.0. The SMILES string of the molecule is CCCc1nc2sc(C)c(-c3ccc(F)cc3)c2c(=O)n1CCOC. The van der Waals surface area contributed by atoms with Gasteiger partial charge in [-0.25, -0.2) is 9.37 Å². The first kappa shape index (κ1) is 17.8. The van der Waals surface area contributed by atoms with Gasteiger partial charge in [-0.2, -0.15) is 0 Å². The van der Waals surface area contributed by atoms with E-state index in [1.54, 1.807) is 23.8 Å². The minimum atomic E-state index is -0.290. The Morgan fingerprint density at radius 1 is 1.28 bits per heavy atom. The number of ether oxygens (including phenoxy) is 1. The van der Waals surface area contributed by atoms with E-state index in [2.05, 4.69) is 6.92 Å². The summed E-state index contributed by atoms with van der Waals surface area (Å²) in [4.78, 5) is 19.7. The van der Waals surface area contributed by atoms with Gasteiger partial charge < -0.3 is 4.74 Å². The molecule has 0 atom stereocenters. The van der Waals surface area contributed by atoms with Gasteiger partial charge in [0.1, 0.15) is 16.5 Å². The van der Waals surface area contributed by atoms with Crippen LogP contribution in [-0.2, 0) is 17.7 Å². The summed E-state index contributed by atoms with van der Waals surface area (Å²) in [6.45, 7) is 4.98. The van der Waals surface area contributed by atoms with E-state index in [9.17, 15) is 9.18 Å². The van der Waals surface area contributed by atoms with Crippen molar-refractivity contribution >= 4 is 21.6 Å². The molecule has 25 heavy (non-hydrogen) atoms. The molecule has 0 aliphatic rings. The first-order valence-electron chi connectivity index (χ1n) is 8.34. The molecule has 6 heteroatoms. The Balaban J connectivity index is 2.27. The fourth-order valence-electron chi connectivity index (χ4n) is 3.03. The number of methoxy groups -OCH3 is 1. The zero-order valence-electron chi connectivity index (χ0n) is 14.6. The van der Waals surface area contributed by atoms with Crippen LogP contribution in [0.5, 0.6) is 0 Å². The monoisotopic (exact) mass is 360 g/mol. The number of thiophene rings is 1. The normalized spacial score (nSPS) is 11.4. The molecule has 0 spiro atoms. The third kappa shape index (κ3) is 3.37. The van der Waals surface area contributed by atoms with Crippen LogP contribution >= 0.6 is 11.3 Å². The number of nitrogens with zero attached hydrogens (tertiary/aromatic N) is 2. The number of halogens is 1. The van der Waals surface area contributed by atoms with Crippen LogP contribution in [0, 0.1) is 12.7 Å². The molecule has 2 aromatic heterocycles. The predicted molar refractivity (Wildman–Crippen MR) is 99.9 cm³/mol. The molecule has 132 valence electrons. The third-order valence-electron chi connectivity index (χ3n) is 4.19. The molecular formula is C19H21FN2O2S. The second-order valence-corrected chi connectivity index (χ2v) is 7.15. The van der Waals surface area contributed by atoms with Crippen molar-refractivity contribution < 1.29 is 9.13 Å². The Labute approximate surface area is 149 Å². The summed E-state index contributed by atoms with van der Waals surface area (Å²) < 4.78 is 20.1. The van der Waals surface area contributed by atoms with Crippen molar-refractivity contribution in [2.24, 2.45) is 0 Å². The lowest BCUT2D eigenvalue weighted by molar-refractivity contribution is 0.185. The van der Waals surface area contributed by atoms with Gasteiger partial charge in [-0.3, -0.25) is 9.36 Å². The average Bonchev–Trinajstić information content (AvgIpc) is 2.92. The van der Waals surface area contributed by atoms with Crippen molar-refractivity contribution in [3.63, 3.8) is 0 Å². The number of hydrogen-bond acceptors (Lipinski definition) is 4. The Kier molecular flexibility index (Phi) is 5.30. The van der Waals surface area contributed by atoms with E-state index in [0.29, 0.717) is 18.5 Å². The quantitative estimate of drug-likeness (QED) is 0.663. The van der Waals surface area contributed by atoms with Crippen LogP contribution in [0.25, 0.3) is 21.3 Å². The van der Waals surface area contributed by atoms with Crippen LogP contribution < -0.4 is 5.56 Å². The lowest BCUT2D eigenvalue weighted by Crippen LogP contribution is -2.27. The second kappa shape index (κ2) is 7.45. The summed E-state index contributed by atoms with van der Waals surface area (Å²) in [5.74, 6) is 0.505. The van der Waals surface area contributed by atoms with Gasteiger partial charge in [-0.15, -0.1) is 11.3 Å². The molecule has 0 fully saturated rings. The van der Waals surface area contributed by atoms with E-state index in [-0.39, 0.29) is 11.4 Å². The van der Waals surface area contributed by atoms with Crippen LogP contribution in [0.4, 0.5) is 4.39 Å². The zero-order chi connectivity index (χ0) is 18.0. The first-order chi connectivity index (χ1) is 12.1. The van der Waals surface area contributed by atoms with E-state index in [4.69, 9.17) is 9.72 Å². The highest BCUT2D eigenvalue weighted by Gasteiger charge is 2.19. The minimum absolute atomic E-state index is 0.0471. The number of benzene rings is 1. The standard InChI is InChI=1S/C19H21FN2O2S/c1-4-5-15-21-18-17(19(23)22(15)10-11-24-3)16(12(2)25-18)13-6-8-14(20)9-7-13/h6-9H,4-5,10-11H2,1-3H3. The van der Waals surface area contributed by atoms with Gasteiger partial charge >= 0.3 is 0 Å². The van der Waals surface area contributed by atoms with Crippen LogP contribution in [0.1, 0.15) is 24.0 Å². The van der Waals surface area contributed by atoms with Crippen molar-refractivity contribution in [2.45, 2.75) is 33.2 Å². The first-order valence-corrected chi connectivity index (χ1v) is 9.16. The second-order valence-electron chi connectivity index (χ2n) is 5.95. The van der Waals surface area contributed by atoms with Gasteiger partial charge in [0.25, 0.3) is 5.56 Å². The predicted octanol–water partition coefficient (Wildman–Crippen LogP) is 4.17. The van der Waals surface area contributed by atoms with Crippen LogP contribution in [0.3, 0.4) is 0 Å². The molecule has 0 saturated heterocycles. The van der Waals surface area contributed by atoms with Crippen LogP contribution in [0.2, 0.25) is 0 Å². The summed E-state index contributed by atoms with van der Waals surface area (Å²) in [6.07, 6.45) is 1.66. The van der Waals surface area contributed by atoms with E-state index in [0.717, 1.165) is 39.5 Å². The maximum Gasteiger partial charge on any atom is 0.262 e. The Morgan fingerprint density at radius 2 is 2.00 bits per heavy atom. The van der Waals surface area contributed by atoms with Gasteiger partial charge in [0.2, 0.25) is 0 Å².